The van der Waals surface area contributed by atoms with Gasteiger partial charge in [0.2, 0.25) is 0 Å². The van der Waals surface area contributed by atoms with Crippen molar-refractivity contribution in [1.82, 2.24) is 19.5 Å². The molecule has 1 aliphatic rings. The van der Waals surface area contributed by atoms with Crippen molar-refractivity contribution in [3.05, 3.63) is 12.7 Å². The maximum atomic E-state index is 10.0. The Morgan fingerprint density at radius 3 is 2.74 bits per heavy atom. The van der Waals surface area contributed by atoms with E-state index >= 15 is 0 Å². The van der Waals surface area contributed by atoms with Gasteiger partial charge in [-0.2, -0.15) is 0 Å². The highest BCUT2D eigenvalue weighted by Gasteiger charge is 2.43. The molecule has 9 nitrogen and oxygen atoms in total. The average molecular weight is 266 g/mol. The number of nitrogen functional groups attached to an aromatic ring is 1. The highest BCUT2D eigenvalue weighted by Crippen LogP contribution is 2.31. The minimum Gasteiger partial charge on any atom is -0.387 e. The Hall–Kier alpha value is -1.81. The normalized spacial score (nSPS) is 31.1. The molecule has 2 aromatic rings. The molecule has 0 aliphatic carbocycles. The molecule has 9 heteroatoms. The van der Waals surface area contributed by atoms with Gasteiger partial charge in [-0.05, 0) is 0 Å². The Morgan fingerprint density at radius 1 is 1.26 bits per heavy atom. The fourth-order valence-electron chi connectivity index (χ4n) is 2.21. The van der Waals surface area contributed by atoms with Gasteiger partial charge in [0.1, 0.15) is 30.2 Å². The van der Waals surface area contributed by atoms with Gasteiger partial charge in [0.15, 0.2) is 17.7 Å². The molecule has 1 saturated heterocycles. The smallest absolute Gasteiger partial charge is 0.167 e. The Bertz CT molecular complexity index is 602. The first-order chi connectivity index (χ1) is 9.13. The lowest BCUT2D eigenvalue weighted by Crippen LogP contribution is -2.35. The van der Waals surface area contributed by atoms with Crippen LogP contribution >= 0.6 is 0 Å². The molecular weight excluding hydrogens is 252 g/mol. The van der Waals surface area contributed by atoms with Gasteiger partial charge < -0.3 is 26.4 Å². The number of aliphatic hydroxyl groups is 2. The summed E-state index contributed by atoms with van der Waals surface area (Å²) in [6.45, 7) is 0.110. The molecule has 3 heterocycles. The van der Waals surface area contributed by atoms with Gasteiger partial charge in [0.05, 0.1) is 6.33 Å². The van der Waals surface area contributed by atoms with E-state index in [0.717, 1.165) is 0 Å². The number of anilines is 1. The number of nitrogens with two attached hydrogens (primary N) is 2. The first-order valence-electron chi connectivity index (χ1n) is 5.78. The molecule has 0 saturated carbocycles. The number of imidazole rings is 1. The molecule has 0 amide bonds. The number of hydrogen-bond acceptors (Lipinski definition) is 8. The minimum absolute atomic E-state index is 0.110. The summed E-state index contributed by atoms with van der Waals surface area (Å²) in [6, 6.07) is 0. The van der Waals surface area contributed by atoms with E-state index < -0.39 is 24.5 Å². The van der Waals surface area contributed by atoms with Crippen LogP contribution in [0.3, 0.4) is 0 Å². The molecule has 0 spiro atoms. The Kier molecular flexibility index (Phi) is 2.82. The van der Waals surface area contributed by atoms with E-state index in [9.17, 15) is 10.2 Å². The molecule has 0 bridgehead atoms. The van der Waals surface area contributed by atoms with Crippen molar-refractivity contribution in [1.29, 1.82) is 0 Å². The second-order valence-corrected chi connectivity index (χ2v) is 4.36. The molecule has 102 valence electrons. The third kappa shape index (κ3) is 1.75. The summed E-state index contributed by atoms with van der Waals surface area (Å²) >= 11 is 0. The second kappa shape index (κ2) is 4.38. The largest absolute Gasteiger partial charge is 0.387 e. The number of rotatable bonds is 2. The number of nitrogens with zero attached hydrogens (tertiary/aromatic N) is 4. The maximum absolute atomic E-state index is 10.0. The highest BCUT2D eigenvalue weighted by molar-refractivity contribution is 5.81. The zero-order chi connectivity index (χ0) is 13.6. The quantitative estimate of drug-likeness (QED) is 0.487. The van der Waals surface area contributed by atoms with Crippen LogP contribution < -0.4 is 11.5 Å². The van der Waals surface area contributed by atoms with Crippen molar-refractivity contribution in [2.75, 3.05) is 12.3 Å². The molecule has 4 atom stereocenters. The van der Waals surface area contributed by atoms with E-state index in [1.165, 1.54) is 17.2 Å². The van der Waals surface area contributed by atoms with Crippen LogP contribution in [0.4, 0.5) is 5.82 Å². The molecule has 3 rings (SSSR count). The summed E-state index contributed by atoms with van der Waals surface area (Å²) in [6.07, 6.45) is -0.850. The van der Waals surface area contributed by atoms with Gasteiger partial charge in [-0.3, -0.25) is 4.57 Å². The van der Waals surface area contributed by atoms with E-state index in [-0.39, 0.29) is 12.4 Å². The summed E-state index contributed by atoms with van der Waals surface area (Å²) in [5, 5.41) is 19.8. The molecule has 1 aliphatic heterocycles. The lowest BCUT2D eigenvalue weighted by Gasteiger charge is -2.16. The predicted molar refractivity (Wildman–Crippen MR) is 64.7 cm³/mol. The van der Waals surface area contributed by atoms with E-state index in [4.69, 9.17) is 16.2 Å². The van der Waals surface area contributed by atoms with Gasteiger partial charge in [0.25, 0.3) is 0 Å². The number of hydrogen-bond donors (Lipinski definition) is 4. The predicted octanol–water partition coefficient (Wildman–Crippen LogP) is -2.01. The standard InChI is InChI=1S/C10H14N6O3/c11-1-4-6(17)7(18)10(19-4)16-3-15-5-8(12)13-2-14-9(5)16/h2-4,6-7,10,17-18H,1,11H2,(H2,12,13,14)/t4-,6-,7+,10-/m1/s1. The molecular formula is C10H14N6O3. The molecule has 19 heavy (non-hydrogen) atoms. The van der Waals surface area contributed by atoms with Gasteiger partial charge in [-0.1, -0.05) is 0 Å². The number of fused-ring (bicyclic) bond motifs is 1. The zero-order valence-electron chi connectivity index (χ0n) is 9.92. The van der Waals surface area contributed by atoms with E-state index in [2.05, 4.69) is 15.0 Å². The summed E-state index contributed by atoms with van der Waals surface area (Å²) < 4.78 is 7.04. The highest BCUT2D eigenvalue weighted by atomic mass is 16.6. The van der Waals surface area contributed by atoms with E-state index in [0.29, 0.717) is 11.2 Å². The first kappa shape index (κ1) is 12.2. The fraction of sp³-hybridized carbons (Fsp3) is 0.500. The lowest BCUT2D eigenvalue weighted by molar-refractivity contribution is -0.0322. The third-order valence-electron chi connectivity index (χ3n) is 3.23. The van der Waals surface area contributed by atoms with E-state index in [1.54, 1.807) is 0 Å². The summed E-state index contributed by atoms with van der Waals surface area (Å²) in [5.74, 6) is 0.243. The fourth-order valence-corrected chi connectivity index (χ4v) is 2.21. The van der Waals surface area contributed by atoms with Crippen LogP contribution in [0.2, 0.25) is 0 Å². The van der Waals surface area contributed by atoms with Gasteiger partial charge in [-0.15, -0.1) is 0 Å². The van der Waals surface area contributed by atoms with Crippen molar-refractivity contribution in [3.63, 3.8) is 0 Å². The molecule has 0 radical (unpaired) electrons. The van der Waals surface area contributed by atoms with Crippen molar-refractivity contribution in [2.24, 2.45) is 5.73 Å². The van der Waals surface area contributed by atoms with Crippen LogP contribution in [0.15, 0.2) is 12.7 Å². The zero-order valence-corrected chi connectivity index (χ0v) is 9.92. The van der Waals surface area contributed by atoms with Crippen LogP contribution in [-0.4, -0.2) is 54.6 Å². The maximum Gasteiger partial charge on any atom is 0.167 e. The Balaban J connectivity index is 2.04. The number of aliphatic hydroxyl groups excluding tert-OH is 2. The number of ether oxygens (including phenoxy) is 1. The molecule has 1 fully saturated rings. The summed E-state index contributed by atoms with van der Waals surface area (Å²) in [4.78, 5) is 12.0. The van der Waals surface area contributed by atoms with Gasteiger partial charge in [0, 0.05) is 6.54 Å². The monoisotopic (exact) mass is 266 g/mol. The van der Waals surface area contributed by atoms with Crippen molar-refractivity contribution < 1.29 is 14.9 Å². The van der Waals surface area contributed by atoms with Crippen molar-refractivity contribution in [2.45, 2.75) is 24.5 Å². The summed E-state index contributed by atoms with van der Waals surface area (Å²) in [7, 11) is 0. The van der Waals surface area contributed by atoms with Crippen LogP contribution in [0, 0.1) is 0 Å². The Morgan fingerprint density at radius 2 is 2.05 bits per heavy atom. The summed E-state index contributed by atoms with van der Waals surface area (Å²) in [5.41, 5.74) is 12.0. The average Bonchev–Trinajstić information content (AvgIpc) is 2.94. The van der Waals surface area contributed by atoms with Crippen LogP contribution in [0.25, 0.3) is 11.2 Å². The topological polar surface area (TPSA) is 145 Å². The molecule has 0 unspecified atom stereocenters. The van der Waals surface area contributed by atoms with Crippen LogP contribution in [-0.2, 0) is 4.74 Å². The van der Waals surface area contributed by atoms with Crippen LogP contribution in [0.1, 0.15) is 6.23 Å². The third-order valence-corrected chi connectivity index (χ3v) is 3.23. The van der Waals surface area contributed by atoms with Crippen molar-refractivity contribution >= 4 is 17.0 Å². The SMILES string of the molecule is NC[C@H]1O[C@@H](n2cnc3c(N)ncnc32)[C@@H](O)[C@@H]1O. The second-order valence-electron chi connectivity index (χ2n) is 4.36. The van der Waals surface area contributed by atoms with Crippen LogP contribution in [0.5, 0.6) is 0 Å². The molecule has 6 N–H and O–H groups in total. The minimum atomic E-state index is -1.11. The molecule has 2 aromatic heterocycles. The van der Waals surface area contributed by atoms with E-state index in [1.807, 2.05) is 0 Å². The van der Waals surface area contributed by atoms with Gasteiger partial charge >= 0.3 is 0 Å². The van der Waals surface area contributed by atoms with Gasteiger partial charge in [-0.25, -0.2) is 15.0 Å². The molecule has 0 aromatic carbocycles. The Labute approximate surface area is 107 Å². The number of aromatic nitrogens is 4. The lowest BCUT2D eigenvalue weighted by atomic mass is 10.1. The van der Waals surface area contributed by atoms with Crippen molar-refractivity contribution in [3.8, 4) is 0 Å². The first-order valence-corrected chi connectivity index (χ1v) is 5.78.